The minimum Gasteiger partial charge on any atom is -0.379 e. The van der Waals surface area contributed by atoms with Crippen molar-refractivity contribution in [3.05, 3.63) is 71.6 Å². The van der Waals surface area contributed by atoms with Gasteiger partial charge in [0.1, 0.15) is 5.82 Å². The molecule has 25 heavy (non-hydrogen) atoms. The van der Waals surface area contributed by atoms with Crippen LogP contribution in [-0.2, 0) is 26.6 Å². The summed E-state index contributed by atoms with van der Waals surface area (Å²) in [6.07, 6.45) is 3.80. The standard InChI is InChI=1S/C19H23N5O/c1-22-10-8-20-19(22)18(25)17-13-16-14-23(11-12-24(16)21-17)9-7-15-5-3-2-4-6-15/h2-6,8,10,13,18,25H,7,9,11-12,14H2,1H3. The smallest absolute Gasteiger partial charge is 0.155 e. The van der Waals surface area contributed by atoms with Crippen molar-refractivity contribution in [2.45, 2.75) is 25.6 Å². The Morgan fingerprint density at radius 3 is 2.80 bits per heavy atom. The number of aliphatic hydroxyl groups excluding tert-OH is 1. The molecule has 0 bridgehead atoms. The van der Waals surface area contributed by atoms with E-state index in [2.05, 4.69) is 45.3 Å². The van der Waals surface area contributed by atoms with Gasteiger partial charge in [0.05, 0.1) is 17.9 Å². The van der Waals surface area contributed by atoms with Crippen molar-refractivity contribution < 1.29 is 5.11 Å². The summed E-state index contributed by atoms with van der Waals surface area (Å²) in [6.45, 7) is 3.75. The molecule has 3 aromatic rings. The van der Waals surface area contributed by atoms with Crippen molar-refractivity contribution in [3.8, 4) is 0 Å². The first-order valence-corrected chi connectivity index (χ1v) is 8.69. The number of aromatic nitrogens is 4. The first-order valence-electron chi connectivity index (χ1n) is 8.69. The Kier molecular flexibility index (Phi) is 4.38. The van der Waals surface area contributed by atoms with Gasteiger partial charge in [-0.3, -0.25) is 9.58 Å². The van der Waals surface area contributed by atoms with Crippen LogP contribution in [0.4, 0.5) is 0 Å². The second-order valence-corrected chi connectivity index (χ2v) is 6.59. The molecular formula is C19H23N5O. The number of fused-ring (bicyclic) bond motifs is 1. The van der Waals surface area contributed by atoms with Gasteiger partial charge in [-0.2, -0.15) is 5.10 Å². The van der Waals surface area contributed by atoms with Gasteiger partial charge in [0.25, 0.3) is 0 Å². The molecule has 0 amide bonds. The molecule has 0 spiro atoms. The number of aliphatic hydroxyl groups is 1. The molecule has 3 heterocycles. The molecule has 6 nitrogen and oxygen atoms in total. The van der Waals surface area contributed by atoms with Crippen molar-refractivity contribution in [1.82, 2.24) is 24.2 Å². The number of benzene rings is 1. The second kappa shape index (κ2) is 6.82. The summed E-state index contributed by atoms with van der Waals surface area (Å²) in [6, 6.07) is 12.6. The summed E-state index contributed by atoms with van der Waals surface area (Å²) in [4.78, 5) is 6.67. The van der Waals surface area contributed by atoms with E-state index in [1.54, 1.807) is 6.20 Å². The minimum absolute atomic E-state index is 0.622. The Hall–Kier alpha value is -2.44. The van der Waals surface area contributed by atoms with Gasteiger partial charge in [-0.1, -0.05) is 30.3 Å². The maximum absolute atomic E-state index is 10.6. The van der Waals surface area contributed by atoms with Gasteiger partial charge in [-0.25, -0.2) is 4.98 Å². The van der Waals surface area contributed by atoms with Gasteiger partial charge in [0.15, 0.2) is 6.10 Å². The summed E-state index contributed by atoms with van der Waals surface area (Å²) < 4.78 is 3.84. The number of hydrogen-bond acceptors (Lipinski definition) is 4. The van der Waals surface area contributed by atoms with Crippen molar-refractivity contribution in [2.75, 3.05) is 13.1 Å². The SMILES string of the molecule is Cn1ccnc1C(O)c1cc2n(n1)CCN(CCc1ccccc1)C2. The molecule has 6 heteroatoms. The highest BCUT2D eigenvalue weighted by molar-refractivity contribution is 5.20. The topological polar surface area (TPSA) is 59.1 Å². The fourth-order valence-electron chi connectivity index (χ4n) is 3.37. The molecule has 4 rings (SSSR count). The molecule has 0 saturated carbocycles. The van der Waals surface area contributed by atoms with Crippen LogP contribution in [0.3, 0.4) is 0 Å². The fraction of sp³-hybridized carbons (Fsp3) is 0.368. The Balaban J connectivity index is 1.43. The lowest BCUT2D eigenvalue weighted by molar-refractivity contribution is 0.197. The molecule has 1 aliphatic heterocycles. The molecule has 1 aliphatic rings. The Morgan fingerprint density at radius 2 is 2.04 bits per heavy atom. The van der Waals surface area contributed by atoms with Crippen LogP contribution in [-0.4, -0.2) is 42.4 Å². The third-order valence-corrected chi connectivity index (χ3v) is 4.84. The van der Waals surface area contributed by atoms with E-state index in [4.69, 9.17) is 0 Å². The summed E-state index contributed by atoms with van der Waals surface area (Å²) in [5.41, 5.74) is 3.20. The number of nitrogens with zero attached hydrogens (tertiary/aromatic N) is 5. The predicted octanol–water partition coefficient (Wildman–Crippen LogP) is 1.76. The monoisotopic (exact) mass is 337 g/mol. The molecule has 0 fully saturated rings. The van der Waals surface area contributed by atoms with Crippen molar-refractivity contribution >= 4 is 0 Å². The summed E-state index contributed by atoms with van der Waals surface area (Å²) >= 11 is 0. The maximum Gasteiger partial charge on any atom is 0.155 e. The van der Waals surface area contributed by atoms with Crippen LogP contribution in [0.2, 0.25) is 0 Å². The summed E-state index contributed by atoms with van der Waals surface area (Å²) in [5, 5.41) is 15.1. The molecule has 1 atom stereocenters. The third kappa shape index (κ3) is 3.36. The lowest BCUT2D eigenvalue weighted by Gasteiger charge is -2.27. The molecule has 0 radical (unpaired) electrons. The molecule has 1 aromatic carbocycles. The fourth-order valence-corrected chi connectivity index (χ4v) is 3.37. The zero-order valence-electron chi connectivity index (χ0n) is 14.4. The van der Waals surface area contributed by atoms with Gasteiger partial charge >= 0.3 is 0 Å². The molecule has 0 saturated heterocycles. The quantitative estimate of drug-likeness (QED) is 0.771. The second-order valence-electron chi connectivity index (χ2n) is 6.59. The van der Waals surface area contributed by atoms with Crippen molar-refractivity contribution in [1.29, 1.82) is 0 Å². The number of aryl methyl sites for hydroxylation is 1. The van der Waals surface area contributed by atoms with Crippen LogP contribution >= 0.6 is 0 Å². The van der Waals surface area contributed by atoms with Crippen LogP contribution in [0, 0.1) is 0 Å². The van der Waals surface area contributed by atoms with E-state index in [1.165, 1.54) is 5.56 Å². The maximum atomic E-state index is 10.6. The first-order chi connectivity index (χ1) is 12.2. The van der Waals surface area contributed by atoms with Crippen LogP contribution in [0.5, 0.6) is 0 Å². The highest BCUT2D eigenvalue weighted by Crippen LogP contribution is 2.22. The Labute approximate surface area is 147 Å². The molecule has 2 aromatic heterocycles. The Morgan fingerprint density at radius 1 is 1.20 bits per heavy atom. The normalized spacial score (nSPS) is 15.9. The van der Waals surface area contributed by atoms with E-state index in [0.29, 0.717) is 11.5 Å². The largest absolute Gasteiger partial charge is 0.379 e. The van der Waals surface area contributed by atoms with Crippen LogP contribution in [0.15, 0.2) is 48.8 Å². The van der Waals surface area contributed by atoms with Crippen molar-refractivity contribution in [2.24, 2.45) is 7.05 Å². The molecule has 1 N–H and O–H groups in total. The summed E-state index contributed by atoms with van der Waals surface area (Å²) in [7, 11) is 1.88. The van der Waals surface area contributed by atoms with Crippen LogP contribution < -0.4 is 0 Å². The van der Waals surface area contributed by atoms with Crippen LogP contribution in [0.25, 0.3) is 0 Å². The predicted molar refractivity (Wildman–Crippen MR) is 94.9 cm³/mol. The lowest BCUT2D eigenvalue weighted by atomic mass is 10.1. The van der Waals surface area contributed by atoms with Gasteiger partial charge in [0, 0.05) is 39.1 Å². The average molecular weight is 337 g/mol. The molecular weight excluding hydrogens is 314 g/mol. The number of imidazole rings is 1. The van der Waals surface area contributed by atoms with Gasteiger partial charge in [0.2, 0.25) is 0 Å². The van der Waals surface area contributed by atoms with E-state index in [0.717, 1.165) is 38.3 Å². The molecule has 0 aliphatic carbocycles. The van der Waals surface area contributed by atoms with E-state index >= 15 is 0 Å². The van der Waals surface area contributed by atoms with E-state index < -0.39 is 6.10 Å². The third-order valence-electron chi connectivity index (χ3n) is 4.84. The van der Waals surface area contributed by atoms with Gasteiger partial charge in [-0.05, 0) is 18.1 Å². The van der Waals surface area contributed by atoms with E-state index in [1.807, 2.05) is 28.6 Å². The van der Waals surface area contributed by atoms with Crippen LogP contribution in [0.1, 0.15) is 28.9 Å². The van der Waals surface area contributed by atoms with Gasteiger partial charge in [-0.15, -0.1) is 0 Å². The first kappa shape index (κ1) is 16.1. The zero-order chi connectivity index (χ0) is 17.2. The lowest BCUT2D eigenvalue weighted by Crippen LogP contribution is -2.35. The Bertz CT molecular complexity index is 839. The van der Waals surface area contributed by atoms with Crippen molar-refractivity contribution in [3.63, 3.8) is 0 Å². The minimum atomic E-state index is -0.782. The van der Waals surface area contributed by atoms with E-state index in [9.17, 15) is 5.11 Å². The molecule has 130 valence electrons. The zero-order valence-corrected chi connectivity index (χ0v) is 14.4. The summed E-state index contributed by atoms with van der Waals surface area (Å²) in [5.74, 6) is 0.622. The number of hydrogen-bond donors (Lipinski definition) is 1. The highest BCUT2D eigenvalue weighted by Gasteiger charge is 2.23. The number of rotatable bonds is 5. The highest BCUT2D eigenvalue weighted by atomic mass is 16.3. The average Bonchev–Trinajstić information content (AvgIpc) is 3.26. The molecule has 1 unspecified atom stereocenters. The van der Waals surface area contributed by atoms with Gasteiger partial charge < -0.3 is 9.67 Å². The van der Waals surface area contributed by atoms with E-state index in [-0.39, 0.29) is 0 Å².